The molecule has 0 atom stereocenters. The van der Waals surface area contributed by atoms with Crippen molar-refractivity contribution in [3.63, 3.8) is 0 Å². The van der Waals surface area contributed by atoms with Gasteiger partial charge in [0.15, 0.2) is 10.0 Å². The summed E-state index contributed by atoms with van der Waals surface area (Å²) in [5.41, 5.74) is -0.351. The van der Waals surface area contributed by atoms with Crippen LogP contribution in [0.25, 0.3) is 10.7 Å². The molecule has 0 unspecified atom stereocenters. The van der Waals surface area contributed by atoms with Crippen molar-refractivity contribution in [3.8, 4) is 10.7 Å². The third-order valence-corrected chi connectivity index (χ3v) is 7.32. The average Bonchev–Trinajstić information content (AvgIpc) is 3.41. The van der Waals surface area contributed by atoms with E-state index in [1.165, 1.54) is 30.5 Å². The number of benzene rings is 1. The zero-order valence-corrected chi connectivity index (χ0v) is 22.2. The normalized spacial score (nSPS) is 14.2. The van der Waals surface area contributed by atoms with E-state index in [1.54, 1.807) is 6.07 Å². The number of hydrogen-bond acceptors (Lipinski definition) is 6. The predicted octanol–water partition coefficient (Wildman–Crippen LogP) is 7.34. The minimum absolute atomic E-state index is 0.0724. The van der Waals surface area contributed by atoms with Gasteiger partial charge in [0.1, 0.15) is 11.5 Å². The van der Waals surface area contributed by atoms with E-state index in [-0.39, 0.29) is 28.1 Å². The van der Waals surface area contributed by atoms with Gasteiger partial charge in [0.25, 0.3) is 12.0 Å². The molecular weight excluding hydrogens is 556 g/mol. The Morgan fingerprint density at radius 1 is 1.05 bits per heavy atom. The molecule has 13 heteroatoms. The van der Waals surface area contributed by atoms with Gasteiger partial charge in [0.2, 0.25) is 0 Å². The van der Waals surface area contributed by atoms with Crippen molar-refractivity contribution in [2.75, 3.05) is 0 Å². The van der Waals surface area contributed by atoms with Gasteiger partial charge in [-0.1, -0.05) is 42.7 Å². The summed E-state index contributed by atoms with van der Waals surface area (Å²) in [6, 6.07) is 10.1. The number of aryl methyl sites for hydroxylation is 1. The second kappa shape index (κ2) is 12.7. The molecule has 0 saturated heterocycles. The van der Waals surface area contributed by atoms with Crippen LogP contribution in [0.1, 0.15) is 71.8 Å². The molecule has 0 radical (unpaired) electrons. The molecule has 5 rings (SSSR count). The van der Waals surface area contributed by atoms with Crippen LogP contribution in [0.2, 0.25) is 0 Å². The molecular formula is C27H25F6N5OS. The molecule has 1 saturated carbocycles. The molecule has 212 valence electrons. The fraction of sp³-hybridized carbons (Fsp3) is 0.370. The number of alkyl halides is 5. The molecule has 3 heterocycles. The molecule has 1 fully saturated rings. The smallest absolute Gasteiger partial charge is 0.267 e. The first-order chi connectivity index (χ1) is 19.0. The van der Waals surface area contributed by atoms with E-state index in [4.69, 9.17) is 0 Å². The fourth-order valence-electron chi connectivity index (χ4n) is 4.48. The largest absolute Gasteiger partial charge is 0.418 e. The number of hydrogen-bond donors (Lipinski definition) is 0. The Morgan fingerprint density at radius 2 is 1.80 bits per heavy atom. The van der Waals surface area contributed by atoms with Crippen LogP contribution in [0, 0.1) is 12.7 Å². The van der Waals surface area contributed by atoms with Crippen LogP contribution in [0.5, 0.6) is 0 Å². The van der Waals surface area contributed by atoms with Gasteiger partial charge in [-0.25, -0.2) is 17.9 Å². The Morgan fingerprint density at radius 3 is 2.40 bits per heavy atom. The first-order valence-corrected chi connectivity index (χ1v) is 13.3. The Kier molecular flexibility index (Phi) is 9.33. The van der Waals surface area contributed by atoms with Gasteiger partial charge < -0.3 is 0 Å². The quantitative estimate of drug-likeness (QED) is 0.231. The fourth-order valence-corrected chi connectivity index (χ4v) is 5.13. The first kappa shape index (κ1) is 29.4. The second-order valence-corrected chi connectivity index (χ2v) is 10.3. The van der Waals surface area contributed by atoms with Gasteiger partial charge in [-0.2, -0.15) is 18.3 Å². The lowest BCUT2D eigenvalue weighted by Crippen LogP contribution is -2.30. The molecule has 0 amide bonds. The van der Waals surface area contributed by atoms with Crippen molar-refractivity contribution in [2.45, 2.75) is 64.1 Å². The number of aromatic nitrogens is 5. The molecule has 0 bridgehead atoms. The predicted molar refractivity (Wildman–Crippen MR) is 138 cm³/mol. The van der Waals surface area contributed by atoms with E-state index in [0.29, 0.717) is 16.9 Å². The van der Waals surface area contributed by atoms with Gasteiger partial charge in [0.05, 0.1) is 17.8 Å². The van der Waals surface area contributed by atoms with Crippen molar-refractivity contribution in [2.24, 2.45) is 0 Å². The molecule has 0 N–H and O–H groups in total. The zero-order chi connectivity index (χ0) is 28.9. The maximum absolute atomic E-state index is 13.4. The number of pyridine rings is 1. The maximum Gasteiger partial charge on any atom is 0.418 e. The molecule has 1 aliphatic carbocycles. The summed E-state index contributed by atoms with van der Waals surface area (Å²) in [5, 5.41) is 10.9. The van der Waals surface area contributed by atoms with Crippen LogP contribution in [0.15, 0.2) is 53.5 Å². The zero-order valence-electron chi connectivity index (χ0n) is 21.3. The highest BCUT2D eigenvalue weighted by atomic mass is 32.1. The van der Waals surface area contributed by atoms with Crippen LogP contribution in [0.4, 0.5) is 26.3 Å². The van der Waals surface area contributed by atoms with Crippen molar-refractivity contribution in [3.05, 3.63) is 92.2 Å². The van der Waals surface area contributed by atoms with Crippen molar-refractivity contribution < 1.29 is 26.3 Å². The highest BCUT2D eigenvalue weighted by Crippen LogP contribution is 2.34. The SMILES string of the molecule is Cc1cccc(F)c1.O=c1c(C2CCCCC2)cc(-c2nnc(C(F)F)s2)nn1Cc1ncccc1C(F)(F)F. The van der Waals surface area contributed by atoms with Crippen molar-refractivity contribution in [1.29, 1.82) is 0 Å². The highest BCUT2D eigenvalue weighted by Gasteiger charge is 2.34. The van der Waals surface area contributed by atoms with Crippen molar-refractivity contribution in [1.82, 2.24) is 25.0 Å². The third-order valence-electron chi connectivity index (χ3n) is 6.37. The lowest BCUT2D eigenvalue weighted by Gasteiger charge is -2.22. The van der Waals surface area contributed by atoms with E-state index in [2.05, 4.69) is 20.3 Å². The monoisotopic (exact) mass is 581 g/mol. The van der Waals surface area contributed by atoms with Crippen LogP contribution >= 0.6 is 11.3 Å². The Hall–Kier alpha value is -3.61. The Bertz CT molecular complexity index is 1480. The standard InChI is InChI=1S/C20H18F5N5OS.C7H7F/c21-16(22)18-28-27-17(32-18)14-9-12(11-5-2-1-3-6-11)19(31)30(29-14)10-15-13(20(23,24)25)7-4-8-26-15;1-6-3-2-4-7(8)5-6/h4,7-9,11,16H,1-3,5-6,10H2;2-5H,1H3. The molecule has 0 aliphatic heterocycles. The maximum atomic E-state index is 13.4. The summed E-state index contributed by atoms with van der Waals surface area (Å²) >= 11 is 0.632. The lowest BCUT2D eigenvalue weighted by atomic mass is 9.84. The number of nitrogens with zero attached hydrogens (tertiary/aromatic N) is 5. The summed E-state index contributed by atoms with van der Waals surface area (Å²) < 4.78 is 79.3. The first-order valence-electron chi connectivity index (χ1n) is 12.5. The van der Waals surface area contributed by atoms with Crippen LogP contribution in [-0.4, -0.2) is 25.0 Å². The Balaban J connectivity index is 0.000000398. The van der Waals surface area contributed by atoms with E-state index in [9.17, 15) is 31.1 Å². The Labute approximate surface area is 229 Å². The summed E-state index contributed by atoms with van der Waals surface area (Å²) in [6.45, 7) is 1.35. The van der Waals surface area contributed by atoms with E-state index >= 15 is 0 Å². The van der Waals surface area contributed by atoms with Gasteiger partial charge in [-0.3, -0.25) is 9.78 Å². The van der Waals surface area contributed by atoms with Crippen LogP contribution in [0.3, 0.4) is 0 Å². The van der Waals surface area contributed by atoms with E-state index < -0.39 is 35.3 Å². The van der Waals surface area contributed by atoms with Gasteiger partial charge in [-0.15, -0.1) is 10.2 Å². The number of halogens is 6. The topological polar surface area (TPSA) is 73.6 Å². The lowest BCUT2D eigenvalue weighted by molar-refractivity contribution is -0.138. The molecule has 40 heavy (non-hydrogen) atoms. The molecule has 4 aromatic rings. The molecule has 1 aliphatic rings. The molecule has 6 nitrogen and oxygen atoms in total. The second-order valence-electron chi connectivity index (χ2n) is 9.32. The third kappa shape index (κ3) is 7.32. The summed E-state index contributed by atoms with van der Waals surface area (Å²) in [7, 11) is 0. The van der Waals surface area contributed by atoms with Gasteiger partial charge >= 0.3 is 6.18 Å². The van der Waals surface area contributed by atoms with E-state index in [0.717, 1.165) is 48.4 Å². The van der Waals surface area contributed by atoms with Gasteiger partial charge in [-0.05, 0) is 61.6 Å². The summed E-state index contributed by atoms with van der Waals surface area (Å²) in [5.74, 6) is -0.248. The van der Waals surface area contributed by atoms with Crippen LogP contribution < -0.4 is 5.56 Å². The highest BCUT2D eigenvalue weighted by molar-refractivity contribution is 7.14. The molecule has 1 aromatic carbocycles. The average molecular weight is 582 g/mol. The number of rotatable bonds is 5. The molecule has 0 spiro atoms. The van der Waals surface area contributed by atoms with Crippen LogP contribution in [-0.2, 0) is 12.7 Å². The van der Waals surface area contributed by atoms with E-state index in [1.807, 2.05) is 13.0 Å². The minimum Gasteiger partial charge on any atom is -0.267 e. The summed E-state index contributed by atoms with van der Waals surface area (Å²) in [4.78, 5) is 17.0. The minimum atomic E-state index is -4.65. The summed E-state index contributed by atoms with van der Waals surface area (Å²) in [6.07, 6.45) is -1.84. The van der Waals surface area contributed by atoms with Crippen molar-refractivity contribution >= 4 is 11.3 Å². The van der Waals surface area contributed by atoms with Gasteiger partial charge in [0, 0.05) is 11.8 Å². The molecule has 3 aromatic heterocycles.